The van der Waals surface area contributed by atoms with Gasteiger partial charge in [-0.15, -0.1) is 0 Å². The van der Waals surface area contributed by atoms with Gasteiger partial charge in [-0.3, -0.25) is 4.79 Å². The number of nitrogens with zero attached hydrogens (tertiary/aromatic N) is 1. The summed E-state index contributed by atoms with van der Waals surface area (Å²) < 4.78 is 26.2. The van der Waals surface area contributed by atoms with Crippen LogP contribution < -0.4 is 0 Å². The summed E-state index contributed by atoms with van der Waals surface area (Å²) in [5.74, 6) is -3.39. The minimum atomic E-state index is -1.16. The molecule has 0 bridgehead atoms. The van der Waals surface area contributed by atoms with Gasteiger partial charge in [-0.05, 0) is 12.5 Å². The minimum absolute atomic E-state index is 0.0563. The Morgan fingerprint density at radius 3 is 2.59 bits per heavy atom. The zero-order valence-corrected chi connectivity index (χ0v) is 9.71. The van der Waals surface area contributed by atoms with E-state index in [-0.39, 0.29) is 17.3 Å². The van der Waals surface area contributed by atoms with Crippen LogP contribution in [0.2, 0.25) is 0 Å². The van der Waals surface area contributed by atoms with Gasteiger partial charge in [0, 0.05) is 17.5 Å². The Bertz CT molecular complexity index is 465. The molecule has 0 aliphatic heterocycles. The molecule has 2 unspecified atom stereocenters. The highest BCUT2D eigenvalue weighted by molar-refractivity contribution is 5.90. The second-order valence-corrected chi connectivity index (χ2v) is 3.94. The number of carbonyl (C=O) groups excluding carboxylic acids is 1. The molecule has 1 rings (SSSR count). The molecule has 0 aromatic heterocycles. The highest BCUT2D eigenvalue weighted by Crippen LogP contribution is 2.24. The number of nitriles is 1. The average Bonchev–Trinajstić information content (AvgIpc) is 2.31. The molecule has 0 amide bonds. The van der Waals surface area contributed by atoms with E-state index in [0.29, 0.717) is 12.5 Å². The molecule has 0 aliphatic carbocycles. The lowest BCUT2D eigenvalue weighted by Crippen LogP contribution is -2.19. The van der Waals surface area contributed by atoms with E-state index in [0.717, 1.165) is 12.1 Å². The van der Waals surface area contributed by atoms with Gasteiger partial charge in [0.2, 0.25) is 0 Å². The summed E-state index contributed by atoms with van der Waals surface area (Å²) in [6.07, 6.45) is 0.583. The highest BCUT2D eigenvalue weighted by Gasteiger charge is 2.26. The van der Waals surface area contributed by atoms with Crippen LogP contribution in [-0.4, -0.2) is 5.78 Å². The Labute approximate surface area is 98.9 Å². The summed E-state index contributed by atoms with van der Waals surface area (Å²) >= 11 is 0. The normalized spacial score (nSPS) is 13.8. The lowest BCUT2D eigenvalue weighted by atomic mass is 9.88. The van der Waals surface area contributed by atoms with E-state index in [4.69, 9.17) is 5.26 Å². The lowest BCUT2D eigenvalue weighted by Gasteiger charge is -2.13. The summed E-state index contributed by atoms with van der Waals surface area (Å²) in [6, 6.07) is 4.67. The number of hydrogen-bond acceptors (Lipinski definition) is 2. The lowest BCUT2D eigenvalue weighted by molar-refractivity contribution is -0.122. The fraction of sp³-hybridized carbons (Fsp3) is 0.385. The third-order valence-electron chi connectivity index (χ3n) is 2.79. The third-order valence-corrected chi connectivity index (χ3v) is 2.79. The molecule has 0 saturated carbocycles. The van der Waals surface area contributed by atoms with Crippen molar-refractivity contribution in [3.05, 3.63) is 35.4 Å². The molecule has 90 valence electrons. The van der Waals surface area contributed by atoms with Gasteiger partial charge in [0.1, 0.15) is 17.6 Å². The first kappa shape index (κ1) is 13.3. The van der Waals surface area contributed by atoms with Crippen molar-refractivity contribution in [1.29, 1.82) is 5.26 Å². The average molecular weight is 237 g/mol. The molecule has 0 fully saturated rings. The van der Waals surface area contributed by atoms with Crippen molar-refractivity contribution in [3.63, 3.8) is 0 Å². The molecule has 0 saturated heterocycles. The van der Waals surface area contributed by atoms with Crippen LogP contribution in [0.1, 0.15) is 31.7 Å². The summed E-state index contributed by atoms with van der Waals surface area (Å²) in [5.41, 5.74) is -0.0563. The fourth-order valence-corrected chi connectivity index (χ4v) is 1.51. The van der Waals surface area contributed by atoms with Crippen LogP contribution in [-0.2, 0) is 4.79 Å². The van der Waals surface area contributed by atoms with Gasteiger partial charge in [0.05, 0.1) is 6.07 Å². The second kappa shape index (κ2) is 5.53. The van der Waals surface area contributed by atoms with Crippen molar-refractivity contribution in [2.75, 3.05) is 0 Å². The van der Waals surface area contributed by atoms with Crippen molar-refractivity contribution in [2.45, 2.75) is 26.2 Å². The van der Waals surface area contributed by atoms with Gasteiger partial charge in [0.25, 0.3) is 0 Å². The Hall–Kier alpha value is -1.76. The van der Waals surface area contributed by atoms with Crippen LogP contribution in [0, 0.1) is 28.9 Å². The highest BCUT2D eigenvalue weighted by atomic mass is 19.1. The fourth-order valence-electron chi connectivity index (χ4n) is 1.51. The minimum Gasteiger partial charge on any atom is -0.298 e. The number of rotatable bonds is 4. The van der Waals surface area contributed by atoms with Gasteiger partial charge in [0.15, 0.2) is 5.78 Å². The number of carbonyl (C=O) groups is 1. The first-order valence-corrected chi connectivity index (χ1v) is 5.39. The van der Waals surface area contributed by atoms with Crippen LogP contribution >= 0.6 is 0 Å². The largest absolute Gasteiger partial charge is 0.298 e. The molecule has 17 heavy (non-hydrogen) atoms. The predicted octanol–water partition coefficient (Wildman–Crippen LogP) is 3.19. The monoisotopic (exact) mass is 237 g/mol. The van der Waals surface area contributed by atoms with Crippen LogP contribution in [0.4, 0.5) is 8.78 Å². The third kappa shape index (κ3) is 2.88. The Kier molecular flexibility index (Phi) is 4.33. The van der Waals surface area contributed by atoms with E-state index < -0.39 is 17.6 Å². The molecule has 1 aromatic carbocycles. The van der Waals surface area contributed by atoms with E-state index in [1.165, 1.54) is 0 Å². The first-order valence-electron chi connectivity index (χ1n) is 5.39. The Morgan fingerprint density at radius 2 is 2.12 bits per heavy atom. The van der Waals surface area contributed by atoms with Gasteiger partial charge in [-0.1, -0.05) is 19.9 Å². The standard InChI is InChI=1S/C13H13F2NO/c1-3-8(2)13(17)11(7-16)10-5-4-9(14)6-12(10)15/h4-6,8,11H,3H2,1-2H3. The van der Waals surface area contributed by atoms with Crippen molar-refractivity contribution < 1.29 is 13.6 Å². The van der Waals surface area contributed by atoms with E-state index >= 15 is 0 Å². The summed E-state index contributed by atoms with van der Waals surface area (Å²) in [5, 5.41) is 8.96. The van der Waals surface area contributed by atoms with Gasteiger partial charge in [-0.25, -0.2) is 8.78 Å². The van der Waals surface area contributed by atoms with E-state index in [1.807, 2.05) is 6.92 Å². The Morgan fingerprint density at radius 1 is 1.47 bits per heavy atom. The summed E-state index contributed by atoms with van der Waals surface area (Å²) in [7, 11) is 0. The maximum Gasteiger partial charge on any atom is 0.157 e. The molecule has 0 heterocycles. The van der Waals surface area contributed by atoms with Crippen molar-refractivity contribution in [2.24, 2.45) is 5.92 Å². The summed E-state index contributed by atoms with van der Waals surface area (Å²) in [4.78, 5) is 11.9. The van der Waals surface area contributed by atoms with Crippen LogP contribution in [0.3, 0.4) is 0 Å². The maximum atomic E-state index is 13.5. The summed E-state index contributed by atoms with van der Waals surface area (Å²) in [6.45, 7) is 3.51. The van der Waals surface area contributed by atoms with Crippen molar-refractivity contribution >= 4 is 5.78 Å². The number of ketones is 1. The van der Waals surface area contributed by atoms with Crippen LogP contribution in [0.5, 0.6) is 0 Å². The molecule has 1 aromatic rings. The van der Waals surface area contributed by atoms with Gasteiger partial charge < -0.3 is 0 Å². The van der Waals surface area contributed by atoms with Crippen LogP contribution in [0.15, 0.2) is 18.2 Å². The van der Waals surface area contributed by atoms with E-state index in [1.54, 1.807) is 13.0 Å². The SMILES string of the molecule is CCC(C)C(=O)C(C#N)c1ccc(F)cc1F. The zero-order valence-electron chi connectivity index (χ0n) is 9.71. The number of Topliss-reactive ketones (excluding diaryl/α,β-unsaturated/α-hetero) is 1. The molecule has 0 aliphatic rings. The zero-order chi connectivity index (χ0) is 13.0. The molecule has 4 heteroatoms. The van der Waals surface area contributed by atoms with Crippen molar-refractivity contribution in [3.8, 4) is 6.07 Å². The maximum absolute atomic E-state index is 13.5. The van der Waals surface area contributed by atoms with E-state index in [2.05, 4.69) is 0 Å². The molecule has 0 spiro atoms. The van der Waals surface area contributed by atoms with Crippen LogP contribution in [0.25, 0.3) is 0 Å². The predicted molar refractivity (Wildman–Crippen MR) is 59.2 cm³/mol. The quantitative estimate of drug-likeness (QED) is 0.806. The molecular formula is C13H13F2NO. The molecule has 0 N–H and O–H groups in total. The first-order chi connectivity index (χ1) is 8.01. The number of halogens is 2. The van der Waals surface area contributed by atoms with Gasteiger partial charge in [-0.2, -0.15) is 5.26 Å². The molecule has 0 radical (unpaired) electrons. The topological polar surface area (TPSA) is 40.9 Å². The number of hydrogen-bond donors (Lipinski definition) is 0. The Balaban J connectivity index is 3.11. The second-order valence-electron chi connectivity index (χ2n) is 3.94. The smallest absolute Gasteiger partial charge is 0.157 e. The van der Waals surface area contributed by atoms with Gasteiger partial charge >= 0.3 is 0 Å². The van der Waals surface area contributed by atoms with E-state index in [9.17, 15) is 13.6 Å². The molecular weight excluding hydrogens is 224 g/mol. The van der Waals surface area contributed by atoms with Crippen molar-refractivity contribution in [1.82, 2.24) is 0 Å². The number of benzene rings is 1. The molecule has 2 nitrogen and oxygen atoms in total. The molecule has 2 atom stereocenters.